The molecule has 1 saturated heterocycles. The highest BCUT2D eigenvalue weighted by molar-refractivity contribution is 5.76. The molecule has 1 aliphatic rings. The van der Waals surface area contributed by atoms with Crippen LogP contribution in [0.15, 0.2) is 18.5 Å². The normalized spacial score (nSPS) is 24.6. The van der Waals surface area contributed by atoms with Crippen LogP contribution in [-0.4, -0.2) is 48.0 Å². The molecule has 0 aromatic carbocycles. The van der Waals surface area contributed by atoms with Gasteiger partial charge in [0.1, 0.15) is 6.54 Å². The number of methoxy groups -OCH3 is 1. The highest BCUT2D eigenvalue weighted by atomic mass is 16.5. The lowest BCUT2D eigenvalue weighted by molar-refractivity contribution is -0.123. The Hall–Kier alpha value is -1.40. The van der Waals surface area contributed by atoms with Gasteiger partial charge in [0.15, 0.2) is 0 Å². The molecule has 0 spiro atoms. The number of carbonyl (C=O) groups excluding carboxylic acids is 1. The summed E-state index contributed by atoms with van der Waals surface area (Å²) < 4.78 is 6.86. The van der Waals surface area contributed by atoms with E-state index >= 15 is 0 Å². The number of hydrogen-bond acceptors (Lipinski definition) is 4. The molecule has 0 aliphatic carbocycles. The SMILES string of the molecule is COC1CNCC1NC(=O)Cn1cccn1. The van der Waals surface area contributed by atoms with Crippen molar-refractivity contribution in [1.82, 2.24) is 20.4 Å². The zero-order valence-electron chi connectivity index (χ0n) is 9.22. The van der Waals surface area contributed by atoms with Gasteiger partial charge in [-0.05, 0) is 6.07 Å². The lowest BCUT2D eigenvalue weighted by Gasteiger charge is -2.18. The van der Waals surface area contributed by atoms with Crippen molar-refractivity contribution in [2.75, 3.05) is 20.2 Å². The van der Waals surface area contributed by atoms with Gasteiger partial charge in [-0.2, -0.15) is 5.10 Å². The van der Waals surface area contributed by atoms with Gasteiger partial charge >= 0.3 is 0 Å². The summed E-state index contributed by atoms with van der Waals surface area (Å²) >= 11 is 0. The van der Waals surface area contributed by atoms with Gasteiger partial charge in [0.05, 0.1) is 12.1 Å². The van der Waals surface area contributed by atoms with Gasteiger partial charge < -0.3 is 15.4 Å². The zero-order chi connectivity index (χ0) is 11.4. The summed E-state index contributed by atoms with van der Waals surface area (Å²) in [5.74, 6) is -0.0422. The largest absolute Gasteiger partial charge is 0.378 e. The molecule has 1 aromatic rings. The van der Waals surface area contributed by atoms with Gasteiger partial charge in [-0.3, -0.25) is 9.48 Å². The molecule has 1 fully saturated rings. The first-order valence-electron chi connectivity index (χ1n) is 5.30. The summed E-state index contributed by atoms with van der Waals surface area (Å²) in [7, 11) is 1.66. The third-order valence-electron chi connectivity index (χ3n) is 2.67. The van der Waals surface area contributed by atoms with Crippen LogP contribution < -0.4 is 10.6 Å². The average Bonchev–Trinajstić information content (AvgIpc) is 2.88. The van der Waals surface area contributed by atoms with Crippen molar-refractivity contribution in [2.24, 2.45) is 0 Å². The van der Waals surface area contributed by atoms with Crippen LogP contribution in [-0.2, 0) is 16.1 Å². The van der Waals surface area contributed by atoms with E-state index in [1.54, 1.807) is 30.3 Å². The molecule has 6 heteroatoms. The third kappa shape index (κ3) is 2.59. The first-order valence-corrected chi connectivity index (χ1v) is 5.30. The Morgan fingerprint density at radius 1 is 1.69 bits per heavy atom. The molecule has 1 amide bonds. The van der Waals surface area contributed by atoms with Crippen LogP contribution in [0.2, 0.25) is 0 Å². The molecular formula is C10H16N4O2. The van der Waals surface area contributed by atoms with E-state index in [1.165, 1.54) is 0 Å². The van der Waals surface area contributed by atoms with Gasteiger partial charge in [-0.1, -0.05) is 0 Å². The minimum atomic E-state index is -0.0422. The Labute approximate surface area is 94.0 Å². The second kappa shape index (κ2) is 5.09. The van der Waals surface area contributed by atoms with Gasteiger partial charge in [-0.25, -0.2) is 0 Å². The van der Waals surface area contributed by atoms with Crippen LogP contribution >= 0.6 is 0 Å². The number of hydrogen-bond donors (Lipinski definition) is 2. The molecule has 1 aliphatic heterocycles. The Morgan fingerprint density at radius 3 is 3.25 bits per heavy atom. The second-order valence-corrected chi connectivity index (χ2v) is 3.81. The molecular weight excluding hydrogens is 208 g/mol. The van der Waals surface area contributed by atoms with Crippen molar-refractivity contribution in [3.8, 4) is 0 Å². The highest BCUT2D eigenvalue weighted by Crippen LogP contribution is 2.03. The first-order chi connectivity index (χ1) is 7.79. The van der Waals surface area contributed by atoms with Crippen molar-refractivity contribution in [1.29, 1.82) is 0 Å². The number of rotatable bonds is 4. The minimum absolute atomic E-state index is 0.0422. The van der Waals surface area contributed by atoms with E-state index in [-0.39, 0.29) is 24.6 Å². The van der Waals surface area contributed by atoms with Crippen molar-refractivity contribution in [3.05, 3.63) is 18.5 Å². The van der Waals surface area contributed by atoms with Crippen LogP contribution in [0.5, 0.6) is 0 Å². The fourth-order valence-corrected chi connectivity index (χ4v) is 1.84. The zero-order valence-corrected chi connectivity index (χ0v) is 9.22. The number of nitrogens with one attached hydrogen (secondary N) is 2. The van der Waals surface area contributed by atoms with Crippen LogP contribution in [0.1, 0.15) is 0 Å². The molecule has 0 saturated carbocycles. The van der Waals surface area contributed by atoms with E-state index in [9.17, 15) is 4.79 Å². The Kier molecular flexibility index (Phi) is 3.53. The summed E-state index contributed by atoms with van der Waals surface area (Å²) in [6.45, 7) is 1.78. The van der Waals surface area contributed by atoms with Crippen LogP contribution in [0.25, 0.3) is 0 Å². The maximum Gasteiger partial charge on any atom is 0.242 e. The van der Waals surface area contributed by atoms with Gasteiger partial charge in [-0.15, -0.1) is 0 Å². The minimum Gasteiger partial charge on any atom is -0.378 e. The molecule has 2 unspecified atom stereocenters. The van der Waals surface area contributed by atoms with Crippen molar-refractivity contribution in [2.45, 2.75) is 18.7 Å². The topological polar surface area (TPSA) is 68.2 Å². The van der Waals surface area contributed by atoms with Crippen LogP contribution in [0, 0.1) is 0 Å². The molecule has 6 nitrogen and oxygen atoms in total. The predicted octanol–water partition coefficient (Wildman–Crippen LogP) is -1.01. The molecule has 16 heavy (non-hydrogen) atoms. The van der Waals surface area contributed by atoms with Crippen molar-refractivity contribution in [3.63, 3.8) is 0 Å². The maximum atomic E-state index is 11.7. The van der Waals surface area contributed by atoms with E-state index in [2.05, 4.69) is 15.7 Å². The van der Waals surface area contributed by atoms with Gasteiger partial charge in [0.2, 0.25) is 5.91 Å². The summed E-state index contributed by atoms with van der Waals surface area (Å²) in [5.41, 5.74) is 0. The fourth-order valence-electron chi connectivity index (χ4n) is 1.84. The average molecular weight is 224 g/mol. The number of nitrogens with zero attached hydrogens (tertiary/aromatic N) is 2. The number of ether oxygens (including phenoxy) is 1. The Bertz CT molecular complexity index is 339. The standard InChI is InChI=1S/C10H16N4O2/c1-16-9-6-11-5-8(9)13-10(15)7-14-4-2-3-12-14/h2-4,8-9,11H,5-7H2,1H3,(H,13,15). The fraction of sp³-hybridized carbons (Fsp3) is 0.600. The smallest absolute Gasteiger partial charge is 0.242 e. The number of aromatic nitrogens is 2. The lowest BCUT2D eigenvalue weighted by Crippen LogP contribution is -2.44. The first kappa shape index (κ1) is 11.1. The van der Waals surface area contributed by atoms with Crippen molar-refractivity contribution < 1.29 is 9.53 Å². The Balaban J connectivity index is 1.83. The molecule has 88 valence electrons. The third-order valence-corrected chi connectivity index (χ3v) is 2.67. The van der Waals surface area contributed by atoms with E-state index in [4.69, 9.17) is 4.74 Å². The molecule has 0 bridgehead atoms. The van der Waals surface area contributed by atoms with E-state index in [1.807, 2.05) is 0 Å². The second-order valence-electron chi connectivity index (χ2n) is 3.81. The lowest BCUT2D eigenvalue weighted by atomic mass is 10.2. The summed E-state index contributed by atoms with van der Waals surface area (Å²) in [6, 6.07) is 1.84. The summed E-state index contributed by atoms with van der Waals surface area (Å²) in [4.78, 5) is 11.7. The summed E-state index contributed by atoms with van der Waals surface area (Å²) in [6.07, 6.45) is 3.48. The van der Waals surface area contributed by atoms with E-state index in [0.717, 1.165) is 13.1 Å². The predicted molar refractivity (Wildman–Crippen MR) is 57.8 cm³/mol. The molecule has 2 atom stereocenters. The molecule has 2 N–H and O–H groups in total. The van der Waals surface area contributed by atoms with Crippen LogP contribution in [0.3, 0.4) is 0 Å². The quantitative estimate of drug-likeness (QED) is 0.687. The molecule has 0 radical (unpaired) electrons. The summed E-state index contributed by atoms with van der Waals surface area (Å²) in [5, 5.41) is 10.1. The molecule has 1 aromatic heterocycles. The number of amides is 1. The maximum absolute atomic E-state index is 11.7. The van der Waals surface area contributed by atoms with E-state index in [0.29, 0.717) is 0 Å². The van der Waals surface area contributed by atoms with E-state index < -0.39 is 0 Å². The van der Waals surface area contributed by atoms with Gasteiger partial charge in [0.25, 0.3) is 0 Å². The Morgan fingerprint density at radius 2 is 2.56 bits per heavy atom. The van der Waals surface area contributed by atoms with Gasteiger partial charge in [0, 0.05) is 32.6 Å². The monoisotopic (exact) mass is 224 g/mol. The molecule has 2 rings (SSSR count). The van der Waals surface area contributed by atoms with Crippen molar-refractivity contribution >= 4 is 5.91 Å². The highest BCUT2D eigenvalue weighted by Gasteiger charge is 2.27. The number of carbonyl (C=O) groups is 1. The van der Waals surface area contributed by atoms with Crippen LogP contribution in [0.4, 0.5) is 0 Å². The molecule has 2 heterocycles.